The zero-order valence-electron chi connectivity index (χ0n) is 11.1. The van der Waals surface area contributed by atoms with Crippen LogP contribution in [0.15, 0.2) is 5.38 Å². The number of nitrogens with one attached hydrogen (secondary N) is 1. The number of anilines is 1. The summed E-state index contributed by atoms with van der Waals surface area (Å²) in [5.74, 6) is -0.234. The lowest BCUT2D eigenvalue weighted by Gasteiger charge is -2.11. The Kier molecular flexibility index (Phi) is 6.67. The predicted octanol–water partition coefficient (Wildman–Crippen LogP) is 2.09. The van der Waals surface area contributed by atoms with Gasteiger partial charge in [-0.15, -0.1) is 11.3 Å². The van der Waals surface area contributed by atoms with Crippen LogP contribution in [-0.2, 0) is 20.7 Å². The van der Waals surface area contributed by atoms with E-state index >= 15 is 0 Å². The maximum Gasteiger partial charge on any atom is 0.311 e. The quantitative estimate of drug-likeness (QED) is 0.734. The van der Waals surface area contributed by atoms with Crippen molar-refractivity contribution < 1.29 is 14.3 Å². The molecule has 0 fully saturated rings. The standard InChI is InChI=1S/C12H20N2O3S/c1-4-17-11(15)7-10-8-18-12(14-10)13-9(2)5-6-16-3/h8-9H,4-7H2,1-3H3,(H,13,14). The summed E-state index contributed by atoms with van der Waals surface area (Å²) in [6.45, 7) is 4.99. The average Bonchev–Trinajstić information content (AvgIpc) is 2.74. The second kappa shape index (κ2) is 8.05. The van der Waals surface area contributed by atoms with Crippen LogP contribution in [0.4, 0.5) is 5.13 Å². The third kappa shape index (κ3) is 5.46. The molecule has 1 aromatic rings. The van der Waals surface area contributed by atoms with Crippen LogP contribution in [0.3, 0.4) is 0 Å². The number of carbonyl (C=O) groups is 1. The van der Waals surface area contributed by atoms with E-state index in [2.05, 4.69) is 17.2 Å². The Hall–Kier alpha value is -1.14. The van der Waals surface area contributed by atoms with Crippen molar-refractivity contribution in [1.82, 2.24) is 4.98 Å². The van der Waals surface area contributed by atoms with Crippen LogP contribution in [-0.4, -0.2) is 37.3 Å². The number of rotatable bonds is 8. The van der Waals surface area contributed by atoms with Gasteiger partial charge in [-0.05, 0) is 20.3 Å². The van der Waals surface area contributed by atoms with Crippen molar-refractivity contribution in [2.45, 2.75) is 32.7 Å². The molecule has 0 aliphatic heterocycles. The van der Waals surface area contributed by atoms with Crippen LogP contribution in [0, 0.1) is 0 Å². The zero-order chi connectivity index (χ0) is 13.4. The highest BCUT2D eigenvalue weighted by Crippen LogP contribution is 2.17. The number of thiazole rings is 1. The molecule has 5 nitrogen and oxygen atoms in total. The minimum absolute atomic E-state index is 0.234. The number of hydrogen-bond acceptors (Lipinski definition) is 6. The van der Waals surface area contributed by atoms with Gasteiger partial charge in [-0.1, -0.05) is 0 Å². The Bertz CT molecular complexity index is 368. The lowest BCUT2D eigenvalue weighted by atomic mass is 10.2. The average molecular weight is 272 g/mol. The molecule has 18 heavy (non-hydrogen) atoms. The monoisotopic (exact) mass is 272 g/mol. The van der Waals surface area contributed by atoms with Gasteiger partial charge in [0.1, 0.15) is 0 Å². The smallest absolute Gasteiger partial charge is 0.311 e. The van der Waals surface area contributed by atoms with E-state index in [1.807, 2.05) is 5.38 Å². The summed E-state index contributed by atoms with van der Waals surface area (Å²) in [7, 11) is 1.69. The van der Waals surface area contributed by atoms with Crippen molar-refractivity contribution in [3.8, 4) is 0 Å². The molecule has 0 bridgehead atoms. The summed E-state index contributed by atoms with van der Waals surface area (Å²) in [6, 6.07) is 0.298. The van der Waals surface area contributed by atoms with E-state index in [1.54, 1.807) is 14.0 Å². The Labute approximate surface area is 112 Å². The van der Waals surface area contributed by atoms with Crippen LogP contribution < -0.4 is 5.32 Å². The number of aromatic nitrogens is 1. The number of carbonyl (C=O) groups excluding carboxylic acids is 1. The summed E-state index contributed by atoms with van der Waals surface area (Å²) >= 11 is 1.50. The topological polar surface area (TPSA) is 60.5 Å². The third-order valence-electron chi connectivity index (χ3n) is 2.31. The maximum absolute atomic E-state index is 11.3. The van der Waals surface area contributed by atoms with Crippen molar-refractivity contribution in [2.75, 3.05) is 25.6 Å². The van der Waals surface area contributed by atoms with Crippen LogP contribution in [0.5, 0.6) is 0 Å². The van der Waals surface area contributed by atoms with Crippen molar-refractivity contribution >= 4 is 22.4 Å². The number of hydrogen-bond donors (Lipinski definition) is 1. The van der Waals surface area contributed by atoms with Crippen molar-refractivity contribution in [1.29, 1.82) is 0 Å². The third-order valence-corrected chi connectivity index (χ3v) is 3.13. The summed E-state index contributed by atoms with van der Waals surface area (Å²) in [4.78, 5) is 15.6. The highest BCUT2D eigenvalue weighted by molar-refractivity contribution is 7.13. The maximum atomic E-state index is 11.3. The molecule has 1 heterocycles. The molecule has 0 saturated heterocycles. The zero-order valence-corrected chi connectivity index (χ0v) is 11.9. The van der Waals surface area contributed by atoms with Gasteiger partial charge in [0.05, 0.1) is 18.7 Å². The lowest BCUT2D eigenvalue weighted by molar-refractivity contribution is -0.142. The van der Waals surface area contributed by atoms with Crippen LogP contribution in [0.2, 0.25) is 0 Å². The normalized spacial score (nSPS) is 12.2. The Morgan fingerprint density at radius 1 is 1.61 bits per heavy atom. The fourth-order valence-electron chi connectivity index (χ4n) is 1.39. The predicted molar refractivity (Wildman–Crippen MR) is 72.0 cm³/mol. The summed E-state index contributed by atoms with van der Waals surface area (Å²) in [5, 5.41) is 5.99. The molecule has 0 radical (unpaired) electrons. The molecular weight excluding hydrogens is 252 g/mol. The second-order valence-electron chi connectivity index (χ2n) is 3.95. The molecule has 102 valence electrons. The highest BCUT2D eigenvalue weighted by atomic mass is 32.1. The van der Waals surface area contributed by atoms with Crippen LogP contribution in [0.1, 0.15) is 26.0 Å². The minimum Gasteiger partial charge on any atom is -0.466 e. The van der Waals surface area contributed by atoms with Gasteiger partial charge in [-0.25, -0.2) is 4.98 Å². The molecule has 0 aliphatic carbocycles. The van der Waals surface area contributed by atoms with Crippen LogP contribution in [0.25, 0.3) is 0 Å². The van der Waals surface area contributed by atoms with E-state index in [0.29, 0.717) is 12.6 Å². The van der Waals surface area contributed by atoms with Crippen molar-refractivity contribution in [3.63, 3.8) is 0 Å². The first kappa shape index (κ1) is 14.9. The SMILES string of the molecule is CCOC(=O)Cc1csc(NC(C)CCOC)n1. The number of methoxy groups -OCH3 is 1. The van der Waals surface area contributed by atoms with Gasteiger partial charge in [0, 0.05) is 25.1 Å². The molecule has 0 saturated carbocycles. The molecule has 1 rings (SSSR count). The summed E-state index contributed by atoms with van der Waals surface area (Å²) < 4.78 is 9.89. The van der Waals surface area contributed by atoms with Gasteiger partial charge in [0.15, 0.2) is 5.13 Å². The number of nitrogens with zero attached hydrogens (tertiary/aromatic N) is 1. The fraction of sp³-hybridized carbons (Fsp3) is 0.667. The largest absolute Gasteiger partial charge is 0.466 e. The van der Waals surface area contributed by atoms with Crippen molar-refractivity contribution in [2.24, 2.45) is 0 Å². The van der Waals surface area contributed by atoms with E-state index in [9.17, 15) is 4.79 Å². The van der Waals surface area contributed by atoms with Crippen molar-refractivity contribution in [3.05, 3.63) is 11.1 Å². The molecule has 1 aromatic heterocycles. The Morgan fingerprint density at radius 2 is 2.39 bits per heavy atom. The number of ether oxygens (including phenoxy) is 2. The first-order chi connectivity index (χ1) is 8.65. The molecule has 1 N–H and O–H groups in total. The molecule has 0 aromatic carbocycles. The van der Waals surface area contributed by atoms with E-state index in [4.69, 9.17) is 9.47 Å². The molecule has 1 unspecified atom stereocenters. The molecule has 0 aliphatic rings. The summed E-state index contributed by atoms with van der Waals surface area (Å²) in [5.41, 5.74) is 0.750. The molecular formula is C12H20N2O3S. The van der Waals surface area contributed by atoms with E-state index in [-0.39, 0.29) is 12.4 Å². The van der Waals surface area contributed by atoms with E-state index in [1.165, 1.54) is 11.3 Å². The molecule has 0 amide bonds. The number of esters is 1. The van der Waals surface area contributed by atoms with Gasteiger partial charge in [0.25, 0.3) is 0 Å². The minimum atomic E-state index is -0.234. The molecule has 0 spiro atoms. The highest BCUT2D eigenvalue weighted by Gasteiger charge is 2.09. The van der Waals surface area contributed by atoms with E-state index < -0.39 is 0 Å². The molecule has 1 atom stereocenters. The Morgan fingerprint density at radius 3 is 3.06 bits per heavy atom. The van der Waals surface area contributed by atoms with Crippen LogP contribution >= 0.6 is 11.3 Å². The molecule has 6 heteroatoms. The van der Waals surface area contributed by atoms with Gasteiger partial charge >= 0.3 is 5.97 Å². The fourth-order valence-corrected chi connectivity index (χ4v) is 2.21. The van der Waals surface area contributed by atoms with E-state index in [0.717, 1.165) is 23.9 Å². The second-order valence-corrected chi connectivity index (χ2v) is 4.81. The first-order valence-electron chi connectivity index (χ1n) is 6.01. The van der Waals surface area contributed by atoms with Gasteiger partial charge in [-0.2, -0.15) is 0 Å². The van der Waals surface area contributed by atoms with Gasteiger partial charge in [-0.3, -0.25) is 4.79 Å². The Balaban J connectivity index is 2.40. The summed E-state index contributed by atoms with van der Waals surface area (Å²) in [6.07, 6.45) is 1.15. The first-order valence-corrected chi connectivity index (χ1v) is 6.89. The van der Waals surface area contributed by atoms with Gasteiger partial charge < -0.3 is 14.8 Å². The lowest BCUT2D eigenvalue weighted by Crippen LogP contribution is -2.17. The van der Waals surface area contributed by atoms with Gasteiger partial charge in [0.2, 0.25) is 0 Å².